The fourth-order valence-corrected chi connectivity index (χ4v) is 3.15. The Balaban J connectivity index is 1.84. The maximum atomic E-state index is 6.17. The summed E-state index contributed by atoms with van der Waals surface area (Å²) in [6.07, 6.45) is 0. The highest BCUT2D eigenvalue weighted by Gasteiger charge is 2.07. The molecule has 2 aromatic carbocycles. The average Bonchev–Trinajstić information content (AvgIpc) is 2.71. The van der Waals surface area contributed by atoms with E-state index in [1.165, 1.54) is 0 Å². The van der Waals surface area contributed by atoms with Crippen LogP contribution in [-0.4, -0.2) is 17.1 Å². The predicted molar refractivity (Wildman–Crippen MR) is 114 cm³/mol. The van der Waals surface area contributed by atoms with Gasteiger partial charge in [0.05, 0.1) is 12.5 Å². The summed E-state index contributed by atoms with van der Waals surface area (Å²) < 4.78 is 11.4. The molecule has 2 aromatic heterocycles. The van der Waals surface area contributed by atoms with Gasteiger partial charge in [0.25, 0.3) is 0 Å². The Bertz CT molecular complexity index is 1220. The predicted octanol–water partition coefficient (Wildman–Crippen LogP) is 4.75. The van der Waals surface area contributed by atoms with Gasteiger partial charge in [0, 0.05) is 28.4 Å². The molecule has 0 saturated carbocycles. The van der Waals surface area contributed by atoms with Gasteiger partial charge in [-0.2, -0.15) is 5.10 Å². The molecule has 1 N–H and O–H groups in total. The Hall–Kier alpha value is -3.67. The molecule has 0 atom stereocenters. The van der Waals surface area contributed by atoms with Crippen LogP contribution >= 0.6 is 0 Å². The van der Waals surface area contributed by atoms with E-state index in [1.807, 2.05) is 75.4 Å². The molecule has 0 unspecified atom stereocenters. The Kier molecular flexibility index (Phi) is 4.99. The van der Waals surface area contributed by atoms with Crippen LogP contribution in [0.25, 0.3) is 22.3 Å². The van der Waals surface area contributed by atoms with Gasteiger partial charge in [0.15, 0.2) is 0 Å². The maximum Gasteiger partial charge on any atom is 0.243 e. The molecule has 0 amide bonds. The second kappa shape index (κ2) is 7.75. The van der Waals surface area contributed by atoms with Crippen molar-refractivity contribution in [2.45, 2.75) is 20.8 Å². The van der Waals surface area contributed by atoms with Crippen molar-refractivity contribution in [2.24, 2.45) is 5.10 Å². The highest BCUT2D eigenvalue weighted by atomic mass is 16.5. The summed E-state index contributed by atoms with van der Waals surface area (Å²) in [5, 5.41) is 6.23. The van der Waals surface area contributed by atoms with Crippen molar-refractivity contribution in [3.05, 3.63) is 76.9 Å². The number of rotatable bonds is 4. The molecule has 0 bridgehead atoms. The van der Waals surface area contributed by atoms with Crippen molar-refractivity contribution >= 4 is 16.9 Å². The lowest BCUT2D eigenvalue weighted by Crippen LogP contribution is -2.09. The Morgan fingerprint density at radius 2 is 1.62 bits per heavy atom. The number of hydrogen-bond donors (Lipinski definition) is 1. The number of nitrogens with one attached hydrogen (secondary N) is 1. The lowest BCUT2D eigenvalue weighted by Gasteiger charge is -2.07. The van der Waals surface area contributed by atoms with E-state index in [2.05, 4.69) is 20.5 Å². The summed E-state index contributed by atoms with van der Waals surface area (Å²) in [4.78, 5) is 8.78. The van der Waals surface area contributed by atoms with E-state index < -0.39 is 0 Å². The number of benzene rings is 2. The number of ether oxygens (including phenoxy) is 1. The number of aryl methyl sites for hydroxylation is 3. The first-order valence-electron chi connectivity index (χ1n) is 9.33. The summed E-state index contributed by atoms with van der Waals surface area (Å²) in [5.74, 6) is 1.98. The summed E-state index contributed by atoms with van der Waals surface area (Å²) >= 11 is 0. The molecular weight excluding hydrogens is 364 g/mol. The van der Waals surface area contributed by atoms with Crippen LogP contribution in [0.2, 0.25) is 0 Å². The van der Waals surface area contributed by atoms with Gasteiger partial charge in [-0.3, -0.25) is 0 Å². The van der Waals surface area contributed by atoms with Crippen molar-refractivity contribution in [1.29, 1.82) is 0 Å². The number of anilines is 1. The van der Waals surface area contributed by atoms with Gasteiger partial charge in [0.2, 0.25) is 5.95 Å². The molecule has 29 heavy (non-hydrogen) atoms. The summed E-state index contributed by atoms with van der Waals surface area (Å²) in [6.45, 7) is 5.90. The second-order valence-corrected chi connectivity index (χ2v) is 6.92. The van der Waals surface area contributed by atoms with Crippen LogP contribution in [0.15, 0.2) is 64.1 Å². The molecule has 0 spiro atoms. The fraction of sp³-hybridized carbons (Fsp3) is 0.174. The van der Waals surface area contributed by atoms with Crippen molar-refractivity contribution in [3.8, 4) is 17.1 Å². The van der Waals surface area contributed by atoms with E-state index >= 15 is 0 Å². The molecule has 0 aliphatic rings. The van der Waals surface area contributed by atoms with Crippen LogP contribution in [0.1, 0.15) is 17.0 Å². The minimum absolute atomic E-state index is 0.467. The lowest BCUT2D eigenvalue weighted by atomic mass is 10.1. The summed E-state index contributed by atoms with van der Waals surface area (Å²) in [6, 6.07) is 17.6. The lowest BCUT2D eigenvalue weighted by molar-refractivity contribution is 0.415. The van der Waals surface area contributed by atoms with Crippen LogP contribution in [0.3, 0.4) is 0 Å². The zero-order chi connectivity index (χ0) is 20.4. The smallest absolute Gasteiger partial charge is 0.243 e. The first kappa shape index (κ1) is 18.7. The fourth-order valence-electron chi connectivity index (χ4n) is 3.15. The van der Waals surface area contributed by atoms with Gasteiger partial charge >= 0.3 is 0 Å². The zero-order valence-electron chi connectivity index (χ0n) is 16.9. The van der Waals surface area contributed by atoms with Crippen molar-refractivity contribution in [2.75, 3.05) is 12.5 Å². The third kappa shape index (κ3) is 4.11. The van der Waals surface area contributed by atoms with E-state index in [4.69, 9.17) is 9.15 Å². The first-order chi connectivity index (χ1) is 14.0. The Labute approximate surface area is 168 Å². The summed E-state index contributed by atoms with van der Waals surface area (Å²) in [7, 11) is 1.65. The number of aromatic nitrogens is 2. The molecule has 4 aromatic rings. The quantitative estimate of drug-likeness (QED) is 0.512. The van der Waals surface area contributed by atoms with Crippen molar-refractivity contribution in [3.63, 3.8) is 0 Å². The molecule has 146 valence electrons. The van der Waals surface area contributed by atoms with Gasteiger partial charge < -0.3 is 9.15 Å². The molecule has 4 rings (SSSR count). The molecule has 6 heteroatoms. The van der Waals surface area contributed by atoms with Crippen LogP contribution in [0.4, 0.5) is 5.95 Å². The van der Waals surface area contributed by atoms with Gasteiger partial charge in [-0.25, -0.2) is 15.4 Å². The molecule has 0 saturated heterocycles. The molecule has 0 aliphatic heterocycles. The Morgan fingerprint density at radius 3 is 2.31 bits per heavy atom. The zero-order valence-corrected chi connectivity index (χ0v) is 16.9. The minimum Gasteiger partial charge on any atom is -0.497 e. The number of nitrogens with zero attached hydrogens (tertiary/aromatic N) is 3. The van der Waals surface area contributed by atoms with Gasteiger partial charge in [0.1, 0.15) is 17.1 Å². The van der Waals surface area contributed by atoms with E-state index in [0.717, 1.165) is 44.6 Å². The molecule has 0 radical (unpaired) electrons. The third-order valence-electron chi connectivity index (χ3n) is 4.53. The van der Waals surface area contributed by atoms with E-state index in [-0.39, 0.29) is 0 Å². The molecule has 2 heterocycles. The van der Waals surface area contributed by atoms with Gasteiger partial charge in [-0.1, -0.05) is 6.07 Å². The van der Waals surface area contributed by atoms with Crippen LogP contribution in [0.5, 0.6) is 5.75 Å². The highest BCUT2D eigenvalue weighted by Crippen LogP contribution is 2.24. The van der Waals surface area contributed by atoms with E-state index in [0.29, 0.717) is 11.7 Å². The van der Waals surface area contributed by atoms with Crippen molar-refractivity contribution in [1.82, 2.24) is 9.97 Å². The van der Waals surface area contributed by atoms with Gasteiger partial charge in [-0.05, 0) is 68.8 Å². The van der Waals surface area contributed by atoms with Crippen LogP contribution in [0, 0.1) is 20.8 Å². The second-order valence-electron chi connectivity index (χ2n) is 6.92. The SMILES string of the molecule is COc1ccc(-c2c/c(=N\Nc3nc(C)cc(C)n3)c3ccc(C)cc3o2)cc1. The molecule has 0 aliphatic carbocycles. The number of fused-ring (bicyclic) bond motifs is 1. The molecular formula is C23H22N4O2. The topological polar surface area (TPSA) is 72.5 Å². The van der Waals surface area contributed by atoms with E-state index in [1.54, 1.807) is 7.11 Å². The number of methoxy groups -OCH3 is 1. The summed E-state index contributed by atoms with van der Waals surface area (Å²) in [5.41, 5.74) is 7.58. The first-order valence-corrected chi connectivity index (χ1v) is 9.33. The third-order valence-corrected chi connectivity index (χ3v) is 4.53. The molecule has 6 nitrogen and oxygen atoms in total. The highest BCUT2D eigenvalue weighted by molar-refractivity contribution is 5.79. The number of hydrogen-bond acceptors (Lipinski definition) is 6. The monoisotopic (exact) mass is 386 g/mol. The van der Waals surface area contributed by atoms with E-state index in [9.17, 15) is 0 Å². The van der Waals surface area contributed by atoms with Crippen LogP contribution in [-0.2, 0) is 0 Å². The minimum atomic E-state index is 0.467. The standard InChI is InChI=1S/C23H22N4O2/c1-14-5-10-19-20(26-27-23-24-15(2)12-16(3)25-23)13-21(29-22(19)11-14)17-6-8-18(28-4)9-7-17/h5-13H,1-4H3,(H,24,25,27)/b26-20+. The maximum absolute atomic E-state index is 6.17. The largest absolute Gasteiger partial charge is 0.497 e. The normalized spacial score (nSPS) is 11.7. The van der Waals surface area contributed by atoms with Crippen LogP contribution < -0.4 is 15.5 Å². The van der Waals surface area contributed by atoms with Gasteiger partial charge in [-0.15, -0.1) is 0 Å². The average molecular weight is 386 g/mol. The Morgan fingerprint density at radius 1 is 0.897 bits per heavy atom. The van der Waals surface area contributed by atoms with Crippen molar-refractivity contribution < 1.29 is 9.15 Å². The molecule has 0 fully saturated rings.